The Morgan fingerprint density at radius 1 is 1.37 bits per heavy atom. The van der Waals surface area contributed by atoms with Crippen molar-refractivity contribution in [2.75, 3.05) is 6.54 Å². The maximum Gasteiger partial charge on any atom is 0.404 e. The molecule has 0 aliphatic heterocycles. The number of halogens is 2. The van der Waals surface area contributed by atoms with Crippen LogP contribution < -0.4 is 5.32 Å². The first-order valence-electron chi connectivity index (χ1n) is 5.44. The minimum absolute atomic E-state index is 0.302. The topological polar surface area (TPSA) is 66.4 Å². The maximum atomic E-state index is 10.6. The molecule has 0 atom stereocenters. The Bertz CT molecular complexity index is 547. The Morgan fingerprint density at radius 3 is 2.74 bits per heavy atom. The van der Waals surface area contributed by atoms with Gasteiger partial charge in [-0.3, -0.25) is 4.79 Å². The zero-order chi connectivity index (χ0) is 14.3. The molecule has 0 radical (unpaired) electrons. The van der Waals surface area contributed by atoms with Gasteiger partial charge in [0.15, 0.2) is 6.29 Å². The molecule has 6 heteroatoms. The lowest BCUT2D eigenvalue weighted by molar-refractivity contribution is 0.112. The Morgan fingerprint density at radius 2 is 2.11 bits per heavy atom. The number of carbonyl (C=O) groups excluding carboxylic acids is 1. The summed E-state index contributed by atoms with van der Waals surface area (Å²) in [5.74, 6) is 5.70. The minimum Gasteiger partial charge on any atom is -0.465 e. The molecule has 0 aliphatic carbocycles. The predicted molar refractivity (Wildman–Crippen MR) is 74.0 cm³/mol. The molecule has 0 unspecified atom stereocenters. The molecule has 0 aromatic heterocycles. The van der Waals surface area contributed by atoms with Gasteiger partial charge >= 0.3 is 6.09 Å². The van der Waals surface area contributed by atoms with Gasteiger partial charge < -0.3 is 10.4 Å². The molecule has 0 aliphatic rings. The second kappa shape index (κ2) is 7.67. The fourth-order valence-corrected chi connectivity index (χ4v) is 1.71. The number of carboxylic acid groups (broad SMARTS) is 1. The van der Waals surface area contributed by atoms with Crippen molar-refractivity contribution in [3.63, 3.8) is 0 Å². The van der Waals surface area contributed by atoms with Crippen LogP contribution in [-0.2, 0) is 0 Å². The molecule has 1 aromatic rings. The minimum atomic E-state index is -1.05. The normalized spacial score (nSPS) is 9.37. The summed E-state index contributed by atoms with van der Waals surface area (Å²) in [4.78, 5) is 20.8. The number of aldehydes is 1. The third kappa shape index (κ3) is 5.21. The first-order chi connectivity index (χ1) is 9.04. The van der Waals surface area contributed by atoms with E-state index in [0.29, 0.717) is 46.8 Å². The molecule has 0 bridgehead atoms. The average molecular weight is 300 g/mol. The van der Waals surface area contributed by atoms with Gasteiger partial charge in [0, 0.05) is 24.1 Å². The third-order valence-electron chi connectivity index (χ3n) is 2.19. The van der Waals surface area contributed by atoms with Crippen molar-refractivity contribution in [1.29, 1.82) is 0 Å². The molecular formula is C13H11Cl2NO3. The van der Waals surface area contributed by atoms with E-state index in [9.17, 15) is 9.59 Å². The molecule has 0 fully saturated rings. The molecular weight excluding hydrogens is 289 g/mol. The number of amides is 1. The first-order valence-corrected chi connectivity index (χ1v) is 6.20. The van der Waals surface area contributed by atoms with Crippen molar-refractivity contribution in [3.05, 3.63) is 33.3 Å². The summed E-state index contributed by atoms with van der Waals surface area (Å²) in [6, 6.07) is 3.00. The third-order valence-corrected chi connectivity index (χ3v) is 2.83. The van der Waals surface area contributed by atoms with Gasteiger partial charge in [0.1, 0.15) is 0 Å². The van der Waals surface area contributed by atoms with Crippen LogP contribution in [-0.4, -0.2) is 24.0 Å². The second-order valence-electron chi connectivity index (χ2n) is 3.61. The van der Waals surface area contributed by atoms with Crippen molar-refractivity contribution in [1.82, 2.24) is 5.32 Å². The number of carbonyl (C=O) groups is 2. The Hall–Kier alpha value is -1.70. The summed E-state index contributed by atoms with van der Waals surface area (Å²) < 4.78 is 0. The number of hydrogen-bond donors (Lipinski definition) is 2. The fourth-order valence-electron chi connectivity index (χ4n) is 1.28. The average Bonchev–Trinajstić information content (AvgIpc) is 2.36. The lowest BCUT2D eigenvalue weighted by Gasteiger charge is -2.00. The largest absolute Gasteiger partial charge is 0.465 e. The van der Waals surface area contributed by atoms with Crippen LogP contribution in [0.1, 0.15) is 28.8 Å². The lowest BCUT2D eigenvalue weighted by atomic mass is 10.1. The van der Waals surface area contributed by atoms with E-state index in [2.05, 4.69) is 17.2 Å². The molecule has 0 saturated heterocycles. The summed E-state index contributed by atoms with van der Waals surface area (Å²) in [6.07, 6.45) is 0.719. The van der Waals surface area contributed by atoms with E-state index in [1.807, 2.05) is 0 Å². The van der Waals surface area contributed by atoms with Crippen molar-refractivity contribution >= 4 is 35.6 Å². The Kier molecular flexibility index (Phi) is 6.20. The zero-order valence-corrected chi connectivity index (χ0v) is 11.4. The molecule has 2 N–H and O–H groups in total. The predicted octanol–water partition coefficient (Wildman–Crippen LogP) is 3.21. The van der Waals surface area contributed by atoms with Gasteiger partial charge in [0.25, 0.3) is 0 Å². The summed E-state index contributed by atoms with van der Waals surface area (Å²) in [6.45, 7) is 0.350. The molecule has 0 heterocycles. The Labute approximate surface area is 120 Å². The van der Waals surface area contributed by atoms with Gasteiger partial charge in [-0.1, -0.05) is 35.0 Å². The number of benzene rings is 1. The Balaban J connectivity index is 2.60. The molecule has 1 amide bonds. The maximum absolute atomic E-state index is 10.6. The number of hydrogen-bond acceptors (Lipinski definition) is 2. The monoisotopic (exact) mass is 299 g/mol. The highest BCUT2D eigenvalue weighted by Gasteiger charge is 2.04. The van der Waals surface area contributed by atoms with E-state index < -0.39 is 6.09 Å². The van der Waals surface area contributed by atoms with Crippen LogP contribution in [0.4, 0.5) is 4.79 Å². The van der Waals surface area contributed by atoms with Gasteiger partial charge in [-0.05, 0) is 18.6 Å². The van der Waals surface area contributed by atoms with E-state index in [1.165, 1.54) is 12.1 Å². The number of unbranched alkanes of at least 4 members (excludes halogenated alkanes) is 1. The zero-order valence-electron chi connectivity index (χ0n) is 9.87. The summed E-state index contributed by atoms with van der Waals surface area (Å²) in [5.41, 5.74) is 0.867. The van der Waals surface area contributed by atoms with Crippen LogP contribution in [0.5, 0.6) is 0 Å². The molecule has 0 spiro atoms. The highest BCUT2D eigenvalue weighted by molar-refractivity contribution is 6.35. The van der Waals surface area contributed by atoms with Crippen molar-refractivity contribution in [3.8, 4) is 11.8 Å². The van der Waals surface area contributed by atoms with Crippen LogP contribution in [0.2, 0.25) is 10.0 Å². The number of rotatable bonds is 4. The van der Waals surface area contributed by atoms with Crippen molar-refractivity contribution < 1.29 is 14.7 Å². The van der Waals surface area contributed by atoms with E-state index in [-0.39, 0.29) is 0 Å². The summed E-state index contributed by atoms with van der Waals surface area (Å²) in [5, 5.41) is 11.3. The molecule has 100 valence electrons. The van der Waals surface area contributed by atoms with Crippen molar-refractivity contribution in [2.45, 2.75) is 12.8 Å². The van der Waals surface area contributed by atoms with Crippen LogP contribution in [0, 0.1) is 11.8 Å². The quantitative estimate of drug-likeness (QED) is 0.510. The summed E-state index contributed by atoms with van der Waals surface area (Å²) >= 11 is 11.8. The SMILES string of the molecule is O=Cc1cc(Cl)c(C#CCCCNC(=O)O)cc1Cl. The fraction of sp³-hybridized carbons (Fsp3) is 0.231. The van der Waals surface area contributed by atoms with Gasteiger partial charge in [0.05, 0.1) is 10.0 Å². The number of nitrogens with one attached hydrogen (secondary N) is 1. The van der Waals surface area contributed by atoms with E-state index in [4.69, 9.17) is 28.3 Å². The standard InChI is InChI=1S/C13H11Cl2NO3/c14-11-7-10(8-17)12(15)6-9(11)4-2-1-3-5-16-13(18)19/h6-8,16H,1,3,5H2,(H,18,19). The molecule has 4 nitrogen and oxygen atoms in total. The van der Waals surface area contributed by atoms with E-state index in [0.717, 1.165) is 0 Å². The molecule has 19 heavy (non-hydrogen) atoms. The lowest BCUT2D eigenvalue weighted by Crippen LogP contribution is -2.21. The second-order valence-corrected chi connectivity index (χ2v) is 4.42. The van der Waals surface area contributed by atoms with Crippen LogP contribution in [0.3, 0.4) is 0 Å². The van der Waals surface area contributed by atoms with E-state index >= 15 is 0 Å². The molecule has 1 rings (SSSR count). The smallest absolute Gasteiger partial charge is 0.404 e. The summed E-state index contributed by atoms with van der Waals surface area (Å²) in [7, 11) is 0. The highest BCUT2D eigenvalue weighted by atomic mass is 35.5. The van der Waals surface area contributed by atoms with Crippen molar-refractivity contribution in [2.24, 2.45) is 0 Å². The molecule has 0 saturated carbocycles. The van der Waals surface area contributed by atoms with E-state index in [1.54, 1.807) is 0 Å². The van der Waals surface area contributed by atoms with Crippen LogP contribution >= 0.6 is 23.2 Å². The first kappa shape index (κ1) is 15.4. The molecule has 1 aromatic carbocycles. The van der Waals surface area contributed by atoms with Gasteiger partial charge in [-0.25, -0.2) is 4.79 Å². The van der Waals surface area contributed by atoms with Gasteiger partial charge in [-0.2, -0.15) is 0 Å². The van der Waals surface area contributed by atoms with Crippen LogP contribution in [0.25, 0.3) is 0 Å². The van der Waals surface area contributed by atoms with Gasteiger partial charge in [-0.15, -0.1) is 0 Å². The van der Waals surface area contributed by atoms with Crippen LogP contribution in [0.15, 0.2) is 12.1 Å². The van der Waals surface area contributed by atoms with Gasteiger partial charge in [0.2, 0.25) is 0 Å². The highest BCUT2D eigenvalue weighted by Crippen LogP contribution is 2.23.